The van der Waals surface area contributed by atoms with E-state index in [-0.39, 0.29) is 11.4 Å². The van der Waals surface area contributed by atoms with E-state index in [9.17, 15) is 14.5 Å². The number of ether oxygens (including phenoxy) is 1. The Morgan fingerprint density at radius 1 is 1.58 bits per heavy atom. The van der Waals surface area contributed by atoms with Crippen LogP contribution in [0.3, 0.4) is 0 Å². The van der Waals surface area contributed by atoms with E-state index in [1.807, 2.05) is 0 Å². The first-order valence-corrected chi connectivity index (χ1v) is 3.13. The fraction of sp³-hybridized carbons (Fsp3) is 0.143. The van der Waals surface area contributed by atoms with Gasteiger partial charge in [0, 0.05) is 0 Å². The first-order chi connectivity index (χ1) is 5.65. The predicted molar refractivity (Wildman–Crippen MR) is 39.6 cm³/mol. The van der Waals surface area contributed by atoms with Gasteiger partial charge in [0.2, 0.25) is 0 Å². The Balaban J connectivity index is 3.21. The average molecular weight is 171 g/mol. The van der Waals surface area contributed by atoms with Crippen LogP contribution in [0.1, 0.15) is 0 Å². The monoisotopic (exact) mass is 171 g/mol. The summed E-state index contributed by atoms with van der Waals surface area (Å²) in [6, 6.07) is 3.14. The van der Waals surface area contributed by atoms with Gasteiger partial charge in [0.25, 0.3) is 0 Å². The molecule has 0 aromatic heterocycles. The summed E-state index contributed by atoms with van der Waals surface area (Å²) in [5, 5.41) is 10.3. The number of hydrogen-bond donors (Lipinski definition) is 0. The molecule has 0 amide bonds. The van der Waals surface area contributed by atoms with Gasteiger partial charge < -0.3 is 4.74 Å². The lowest BCUT2D eigenvalue weighted by molar-refractivity contribution is -0.385. The maximum absolute atomic E-state index is 12.5. The molecule has 12 heavy (non-hydrogen) atoms. The minimum absolute atomic E-state index is 0.0569. The van der Waals surface area contributed by atoms with Crippen molar-refractivity contribution >= 4 is 5.69 Å². The highest BCUT2D eigenvalue weighted by atomic mass is 19.1. The number of halogens is 1. The second kappa shape index (κ2) is 3.17. The van der Waals surface area contributed by atoms with Gasteiger partial charge in [-0.1, -0.05) is 0 Å². The van der Waals surface area contributed by atoms with Crippen LogP contribution >= 0.6 is 0 Å². The summed E-state index contributed by atoms with van der Waals surface area (Å²) >= 11 is 0. The van der Waals surface area contributed by atoms with E-state index in [4.69, 9.17) is 0 Å². The molecule has 0 atom stereocenters. The maximum Gasteiger partial charge on any atom is 0.313 e. The molecule has 1 rings (SSSR count). The van der Waals surface area contributed by atoms with E-state index in [0.29, 0.717) is 0 Å². The van der Waals surface area contributed by atoms with E-state index < -0.39 is 10.7 Å². The predicted octanol–water partition coefficient (Wildman–Crippen LogP) is 1.74. The summed E-state index contributed by atoms with van der Waals surface area (Å²) in [7, 11) is 1.29. The van der Waals surface area contributed by atoms with Crippen LogP contribution in [0.2, 0.25) is 0 Å². The Morgan fingerprint density at radius 3 is 2.75 bits per heavy atom. The summed E-state index contributed by atoms with van der Waals surface area (Å²) in [6.07, 6.45) is 0. The summed E-state index contributed by atoms with van der Waals surface area (Å²) in [6.45, 7) is 0. The summed E-state index contributed by atoms with van der Waals surface area (Å²) in [4.78, 5) is 9.60. The second-order valence-corrected chi connectivity index (χ2v) is 2.07. The summed E-state index contributed by atoms with van der Waals surface area (Å²) in [5.41, 5.74) is -0.363. The maximum atomic E-state index is 12.5. The zero-order chi connectivity index (χ0) is 9.14. The van der Waals surface area contributed by atoms with Gasteiger partial charge in [0.15, 0.2) is 5.75 Å². The molecule has 0 bridgehead atoms. The summed E-state index contributed by atoms with van der Waals surface area (Å²) < 4.78 is 17.1. The molecule has 64 valence electrons. The molecule has 1 aromatic carbocycles. The van der Waals surface area contributed by atoms with Crippen molar-refractivity contribution in [2.75, 3.05) is 7.11 Å². The molecule has 4 nitrogen and oxygen atoms in total. The third-order valence-electron chi connectivity index (χ3n) is 1.34. The molecule has 0 unspecified atom stereocenters. The molecule has 0 radical (unpaired) electrons. The highest BCUT2D eigenvalue weighted by Gasteiger charge is 2.14. The quantitative estimate of drug-likeness (QED) is 0.503. The van der Waals surface area contributed by atoms with E-state index in [0.717, 1.165) is 12.1 Å². The van der Waals surface area contributed by atoms with Crippen molar-refractivity contribution in [3.8, 4) is 5.75 Å². The van der Waals surface area contributed by atoms with Crippen molar-refractivity contribution in [2.45, 2.75) is 0 Å². The first-order valence-electron chi connectivity index (χ1n) is 3.13. The average Bonchev–Trinajstić information content (AvgIpc) is 2.04. The van der Waals surface area contributed by atoms with Crippen LogP contribution in [0, 0.1) is 15.9 Å². The topological polar surface area (TPSA) is 52.4 Å². The smallest absolute Gasteiger partial charge is 0.313 e. The van der Waals surface area contributed by atoms with Crippen molar-refractivity contribution in [3.63, 3.8) is 0 Å². The van der Waals surface area contributed by atoms with E-state index >= 15 is 0 Å². The Kier molecular flexibility index (Phi) is 2.23. The number of nitrogens with zero attached hydrogens (tertiary/aromatic N) is 1. The zero-order valence-corrected chi connectivity index (χ0v) is 6.28. The SMILES string of the molecule is COc1ccc(F)cc1[N+](=O)[O-]. The second-order valence-electron chi connectivity index (χ2n) is 2.07. The Morgan fingerprint density at radius 2 is 2.25 bits per heavy atom. The van der Waals surface area contributed by atoms with Crippen molar-refractivity contribution in [3.05, 3.63) is 34.1 Å². The Labute approximate surface area is 67.7 Å². The third kappa shape index (κ3) is 1.50. The molecule has 0 saturated heterocycles. The van der Waals surface area contributed by atoms with Crippen LogP contribution in [0.25, 0.3) is 0 Å². The molecule has 0 spiro atoms. The molecule has 0 aliphatic rings. The Hall–Kier alpha value is -1.65. The highest BCUT2D eigenvalue weighted by Crippen LogP contribution is 2.26. The van der Waals surface area contributed by atoms with Crippen molar-refractivity contribution < 1.29 is 14.1 Å². The number of rotatable bonds is 2. The fourth-order valence-corrected chi connectivity index (χ4v) is 0.806. The van der Waals surface area contributed by atoms with Crippen LogP contribution in [-0.2, 0) is 0 Å². The fourth-order valence-electron chi connectivity index (χ4n) is 0.806. The van der Waals surface area contributed by atoms with Gasteiger partial charge >= 0.3 is 5.69 Å². The van der Waals surface area contributed by atoms with Gasteiger partial charge in [0.05, 0.1) is 18.1 Å². The molecule has 5 heteroatoms. The van der Waals surface area contributed by atoms with Crippen LogP contribution in [0.15, 0.2) is 18.2 Å². The van der Waals surface area contributed by atoms with Crippen LogP contribution in [-0.4, -0.2) is 12.0 Å². The van der Waals surface area contributed by atoms with E-state index in [1.165, 1.54) is 13.2 Å². The molecule has 0 heterocycles. The van der Waals surface area contributed by atoms with E-state index in [2.05, 4.69) is 4.74 Å². The normalized spacial score (nSPS) is 9.50. The summed E-state index contributed by atoms with van der Waals surface area (Å²) in [5.74, 6) is -0.594. The van der Waals surface area contributed by atoms with Gasteiger partial charge in [-0.2, -0.15) is 0 Å². The first kappa shape index (κ1) is 8.45. The van der Waals surface area contributed by atoms with Gasteiger partial charge in [0.1, 0.15) is 5.82 Å². The van der Waals surface area contributed by atoms with Gasteiger partial charge in [-0.15, -0.1) is 0 Å². The molecule has 0 aliphatic carbocycles. The van der Waals surface area contributed by atoms with Crippen LogP contribution in [0.5, 0.6) is 5.75 Å². The number of nitro benzene ring substituents is 1. The van der Waals surface area contributed by atoms with Gasteiger partial charge in [-0.25, -0.2) is 4.39 Å². The highest BCUT2D eigenvalue weighted by molar-refractivity contribution is 5.46. The zero-order valence-electron chi connectivity index (χ0n) is 6.28. The van der Waals surface area contributed by atoms with Gasteiger partial charge in [-0.05, 0) is 12.1 Å². The van der Waals surface area contributed by atoms with Crippen molar-refractivity contribution in [2.24, 2.45) is 0 Å². The largest absolute Gasteiger partial charge is 0.490 e. The van der Waals surface area contributed by atoms with Crippen LogP contribution < -0.4 is 4.74 Å². The van der Waals surface area contributed by atoms with Gasteiger partial charge in [-0.3, -0.25) is 10.1 Å². The minimum Gasteiger partial charge on any atom is -0.490 e. The van der Waals surface area contributed by atoms with E-state index in [1.54, 1.807) is 0 Å². The van der Waals surface area contributed by atoms with Crippen LogP contribution in [0.4, 0.5) is 10.1 Å². The number of nitro groups is 1. The number of hydrogen-bond acceptors (Lipinski definition) is 3. The van der Waals surface area contributed by atoms with Crippen molar-refractivity contribution in [1.82, 2.24) is 0 Å². The third-order valence-corrected chi connectivity index (χ3v) is 1.34. The standard InChI is InChI=1S/C7H6FNO3/c1-12-7-3-2-5(8)4-6(7)9(10)11/h2-4H,1H3. The lowest BCUT2D eigenvalue weighted by atomic mass is 10.3. The lowest BCUT2D eigenvalue weighted by Gasteiger charge is -1.99. The Bertz CT molecular complexity index is 314. The molecular formula is C7H6FNO3. The molecular weight excluding hydrogens is 165 g/mol. The minimum atomic E-state index is -0.693. The molecule has 1 aromatic rings. The van der Waals surface area contributed by atoms with Crippen molar-refractivity contribution in [1.29, 1.82) is 0 Å². The molecule has 0 aliphatic heterocycles. The number of methoxy groups -OCH3 is 1. The molecule has 0 saturated carbocycles. The number of benzene rings is 1. The molecule has 0 N–H and O–H groups in total. The lowest BCUT2D eigenvalue weighted by Crippen LogP contribution is -1.93. The molecule has 0 fully saturated rings.